The van der Waals surface area contributed by atoms with Gasteiger partial charge in [0.25, 0.3) is 17.7 Å². The van der Waals surface area contributed by atoms with E-state index in [-0.39, 0.29) is 17.7 Å². The minimum atomic E-state index is -0.160. The summed E-state index contributed by atoms with van der Waals surface area (Å²) in [7, 11) is 0. The van der Waals surface area contributed by atoms with Crippen molar-refractivity contribution in [1.82, 2.24) is 29.7 Å². The van der Waals surface area contributed by atoms with E-state index >= 15 is 0 Å². The number of rotatable bonds is 3. The van der Waals surface area contributed by atoms with Gasteiger partial charge in [0.05, 0.1) is 0 Å². The van der Waals surface area contributed by atoms with E-state index in [1.165, 1.54) is 0 Å². The van der Waals surface area contributed by atoms with E-state index in [4.69, 9.17) is 0 Å². The summed E-state index contributed by atoms with van der Waals surface area (Å²) in [4.78, 5) is 56.4. The Hall–Kier alpha value is -4.14. The van der Waals surface area contributed by atoms with E-state index in [1.807, 2.05) is 0 Å². The predicted octanol–water partition coefficient (Wildman–Crippen LogP) is 1.61. The molecule has 0 spiro atoms. The molecule has 1 aliphatic rings. The third-order valence-electron chi connectivity index (χ3n) is 5.56. The van der Waals surface area contributed by atoms with Crippen LogP contribution >= 0.6 is 0 Å². The van der Waals surface area contributed by atoms with Crippen LogP contribution in [-0.4, -0.2) is 86.6 Å². The third kappa shape index (κ3) is 5.38. The van der Waals surface area contributed by atoms with Crippen molar-refractivity contribution in [3.63, 3.8) is 0 Å². The summed E-state index contributed by atoms with van der Waals surface area (Å²) in [5.41, 5.74) is 1.55. The standard InChI is InChI=1S/C24H24N6O3/c31-22(19-1-7-25-8-2-19)28-13-15-29(23(32)20-3-9-26-10-4-20)17-18-30(16-14-28)24(33)21-5-11-27-12-6-21/h1-12H,13-18H2. The largest absolute Gasteiger partial charge is 0.335 e. The lowest BCUT2D eigenvalue weighted by Crippen LogP contribution is -2.41. The molecule has 3 aromatic heterocycles. The Balaban J connectivity index is 1.59. The van der Waals surface area contributed by atoms with Gasteiger partial charge in [0.1, 0.15) is 0 Å². The lowest BCUT2D eigenvalue weighted by molar-refractivity contribution is 0.0679. The van der Waals surface area contributed by atoms with Gasteiger partial charge in [-0.3, -0.25) is 29.3 Å². The average molecular weight is 444 g/mol. The second kappa shape index (κ2) is 10.4. The van der Waals surface area contributed by atoms with Gasteiger partial charge in [-0.25, -0.2) is 0 Å². The molecule has 0 saturated carbocycles. The molecule has 0 atom stereocenters. The molecule has 0 unspecified atom stereocenters. The lowest BCUT2D eigenvalue weighted by atomic mass is 10.2. The van der Waals surface area contributed by atoms with Crippen LogP contribution in [-0.2, 0) is 0 Å². The number of hydrogen-bond donors (Lipinski definition) is 0. The fourth-order valence-electron chi connectivity index (χ4n) is 3.70. The van der Waals surface area contributed by atoms with Gasteiger partial charge in [0.2, 0.25) is 0 Å². The van der Waals surface area contributed by atoms with Crippen molar-refractivity contribution in [2.24, 2.45) is 0 Å². The Morgan fingerprint density at radius 2 is 0.667 bits per heavy atom. The van der Waals surface area contributed by atoms with Crippen LogP contribution in [0.5, 0.6) is 0 Å². The molecule has 9 nitrogen and oxygen atoms in total. The monoisotopic (exact) mass is 444 g/mol. The Morgan fingerprint density at radius 1 is 0.455 bits per heavy atom. The summed E-state index contributed by atoms with van der Waals surface area (Å²) in [6, 6.07) is 9.97. The summed E-state index contributed by atoms with van der Waals surface area (Å²) in [6.07, 6.45) is 9.43. The van der Waals surface area contributed by atoms with Crippen molar-refractivity contribution in [2.45, 2.75) is 0 Å². The zero-order valence-electron chi connectivity index (χ0n) is 18.1. The van der Waals surface area contributed by atoms with Crippen LogP contribution in [0.4, 0.5) is 0 Å². The van der Waals surface area contributed by atoms with E-state index in [2.05, 4.69) is 15.0 Å². The van der Waals surface area contributed by atoms with Crippen LogP contribution in [0.25, 0.3) is 0 Å². The molecule has 0 aliphatic carbocycles. The zero-order chi connectivity index (χ0) is 23.0. The second-order valence-corrected chi connectivity index (χ2v) is 7.58. The average Bonchev–Trinajstić information content (AvgIpc) is 3.00. The molecule has 0 aromatic carbocycles. The van der Waals surface area contributed by atoms with Gasteiger partial charge in [-0.1, -0.05) is 0 Å². The molecule has 0 radical (unpaired) electrons. The zero-order valence-corrected chi connectivity index (χ0v) is 18.1. The molecule has 0 N–H and O–H groups in total. The van der Waals surface area contributed by atoms with Crippen molar-refractivity contribution in [3.05, 3.63) is 90.3 Å². The molecule has 1 saturated heterocycles. The molecule has 3 amide bonds. The van der Waals surface area contributed by atoms with E-state index in [1.54, 1.807) is 88.3 Å². The normalized spacial score (nSPS) is 14.7. The van der Waals surface area contributed by atoms with Gasteiger partial charge in [-0.2, -0.15) is 0 Å². The molecule has 9 heteroatoms. The molecule has 33 heavy (non-hydrogen) atoms. The summed E-state index contributed by atoms with van der Waals surface area (Å²) in [6.45, 7) is 2.14. The lowest BCUT2D eigenvalue weighted by Gasteiger charge is -2.26. The van der Waals surface area contributed by atoms with E-state index in [0.29, 0.717) is 56.0 Å². The van der Waals surface area contributed by atoms with Crippen molar-refractivity contribution < 1.29 is 14.4 Å². The van der Waals surface area contributed by atoms with Crippen LogP contribution < -0.4 is 0 Å². The van der Waals surface area contributed by atoms with Gasteiger partial charge in [-0.15, -0.1) is 0 Å². The molecule has 168 valence electrons. The molecule has 3 aromatic rings. The van der Waals surface area contributed by atoms with Crippen molar-refractivity contribution in [3.8, 4) is 0 Å². The van der Waals surface area contributed by atoms with Gasteiger partial charge >= 0.3 is 0 Å². The first kappa shape index (κ1) is 22.1. The predicted molar refractivity (Wildman–Crippen MR) is 120 cm³/mol. The molecule has 0 bridgehead atoms. The number of aromatic nitrogens is 3. The first-order valence-corrected chi connectivity index (χ1v) is 10.7. The van der Waals surface area contributed by atoms with Crippen LogP contribution in [0.2, 0.25) is 0 Å². The summed E-state index contributed by atoms with van der Waals surface area (Å²) in [5.74, 6) is -0.481. The van der Waals surface area contributed by atoms with Gasteiger partial charge < -0.3 is 14.7 Å². The highest BCUT2D eigenvalue weighted by Gasteiger charge is 2.26. The summed E-state index contributed by atoms with van der Waals surface area (Å²) in [5, 5.41) is 0. The minimum Gasteiger partial charge on any atom is -0.335 e. The number of carbonyl (C=O) groups excluding carboxylic acids is 3. The molecule has 1 fully saturated rings. The SMILES string of the molecule is O=C(c1ccncc1)N1CCN(C(=O)c2ccncc2)CCN(C(=O)c2ccncc2)CC1. The first-order valence-electron chi connectivity index (χ1n) is 10.7. The smallest absolute Gasteiger partial charge is 0.254 e. The maximum atomic E-state index is 13.1. The van der Waals surface area contributed by atoms with Crippen molar-refractivity contribution in [2.75, 3.05) is 39.3 Å². The van der Waals surface area contributed by atoms with Crippen molar-refractivity contribution >= 4 is 17.7 Å². The quantitative estimate of drug-likeness (QED) is 0.609. The number of nitrogens with zero attached hydrogens (tertiary/aromatic N) is 6. The third-order valence-corrected chi connectivity index (χ3v) is 5.56. The Morgan fingerprint density at radius 3 is 0.879 bits per heavy atom. The fourth-order valence-corrected chi connectivity index (χ4v) is 3.70. The molecule has 1 aliphatic heterocycles. The molecular weight excluding hydrogens is 420 g/mol. The molecule has 4 heterocycles. The topological polar surface area (TPSA) is 99.6 Å². The first-order chi connectivity index (χ1) is 16.1. The Kier molecular flexibility index (Phi) is 6.99. The van der Waals surface area contributed by atoms with Crippen molar-refractivity contribution in [1.29, 1.82) is 0 Å². The Labute approximate surface area is 191 Å². The van der Waals surface area contributed by atoms with Crippen LogP contribution in [0.3, 0.4) is 0 Å². The number of amides is 3. The summed E-state index contributed by atoms with van der Waals surface area (Å²) >= 11 is 0. The highest BCUT2D eigenvalue weighted by molar-refractivity contribution is 5.96. The minimum absolute atomic E-state index is 0.160. The summed E-state index contributed by atoms with van der Waals surface area (Å²) < 4.78 is 0. The van der Waals surface area contributed by atoms with Gasteiger partial charge in [0.15, 0.2) is 0 Å². The molecular formula is C24H24N6O3. The van der Waals surface area contributed by atoms with E-state index < -0.39 is 0 Å². The Bertz CT molecular complexity index is 941. The van der Waals surface area contributed by atoms with Crippen LogP contribution in [0, 0.1) is 0 Å². The van der Waals surface area contributed by atoms with E-state index in [0.717, 1.165) is 0 Å². The highest BCUT2D eigenvalue weighted by atomic mass is 16.2. The highest BCUT2D eigenvalue weighted by Crippen LogP contribution is 2.12. The van der Waals surface area contributed by atoms with Crippen LogP contribution in [0.1, 0.15) is 31.1 Å². The van der Waals surface area contributed by atoms with E-state index in [9.17, 15) is 14.4 Å². The number of carbonyl (C=O) groups is 3. The fraction of sp³-hybridized carbons (Fsp3) is 0.250. The van der Waals surface area contributed by atoms with Gasteiger partial charge in [-0.05, 0) is 36.4 Å². The number of pyridine rings is 3. The van der Waals surface area contributed by atoms with Gasteiger partial charge in [0, 0.05) is 93.1 Å². The molecule has 4 rings (SSSR count). The maximum Gasteiger partial charge on any atom is 0.254 e. The maximum absolute atomic E-state index is 13.1. The van der Waals surface area contributed by atoms with Crippen LogP contribution in [0.15, 0.2) is 73.6 Å². The number of hydrogen-bond acceptors (Lipinski definition) is 6. The second-order valence-electron chi connectivity index (χ2n) is 7.58.